The highest BCUT2D eigenvalue weighted by atomic mass is 16.6. The second-order valence-corrected chi connectivity index (χ2v) is 4.96. The number of aromatic nitrogens is 1. The molecule has 0 atom stereocenters. The molecule has 1 saturated carbocycles. The van der Waals surface area contributed by atoms with E-state index in [2.05, 4.69) is 15.6 Å². The summed E-state index contributed by atoms with van der Waals surface area (Å²) < 4.78 is 0. The first-order chi connectivity index (χ1) is 9.20. The number of nitrogens with one attached hydrogen (secondary N) is 2. The maximum atomic E-state index is 11.0. The van der Waals surface area contributed by atoms with Gasteiger partial charge in [0.1, 0.15) is 5.82 Å². The van der Waals surface area contributed by atoms with Crippen LogP contribution in [0.3, 0.4) is 0 Å². The molecule has 1 aliphatic carbocycles. The number of hydrogen-bond acceptors (Lipinski definition) is 5. The fourth-order valence-electron chi connectivity index (χ4n) is 2.50. The van der Waals surface area contributed by atoms with E-state index in [0.29, 0.717) is 17.6 Å². The molecule has 0 radical (unpaired) electrons. The van der Waals surface area contributed by atoms with Crippen LogP contribution in [0.25, 0.3) is 0 Å². The largest absolute Gasteiger partial charge is 0.373 e. The molecule has 6 heteroatoms. The molecule has 0 spiro atoms. The zero-order valence-corrected chi connectivity index (χ0v) is 11.2. The van der Waals surface area contributed by atoms with Gasteiger partial charge in [-0.15, -0.1) is 0 Å². The summed E-state index contributed by atoms with van der Waals surface area (Å²) in [5.74, 6) is 1.60. The van der Waals surface area contributed by atoms with Gasteiger partial charge in [0.15, 0.2) is 0 Å². The summed E-state index contributed by atoms with van der Waals surface area (Å²) in [7, 11) is 1.75. The monoisotopic (exact) mass is 264 g/mol. The van der Waals surface area contributed by atoms with E-state index >= 15 is 0 Å². The molecule has 1 heterocycles. The Kier molecular flexibility index (Phi) is 4.54. The molecule has 2 rings (SSSR count). The van der Waals surface area contributed by atoms with Gasteiger partial charge in [0, 0.05) is 19.7 Å². The van der Waals surface area contributed by atoms with E-state index in [-0.39, 0.29) is 5.69 Å². The van der Waals surface area contributed by atoms with E-state index in [1.165, 1.54) is 38.2 Å². The van der Waals surface area contributed by atoms with Gasteiger partial charge in [-0.1, -0.05) is 19.3 Å². The summed E-state index contributed by atoms with van der Waals surface area (Å²) in [6, 6.07) is 3.10. The molecular weight excluding hydrogens is 244 g/mol. The Morgan fingerprint density at radius 2 is 2.11 bits per heavy atom. The highest BCUT2D eigenvalue weighted by Crippen LogP contribution is 2.27. The van der Waals surface area contributed by atoms with Crippen molar-refractivity contribution in [2.45, 2.75) is 32.1 Å². The van der Waals surface area contributed by atoms with Gasteiger partial charge in [-0.25, -0.2) is 4.98 Å². The van der Waals surface area contributed by atoms with Gasteiger partial charge in [-0.05, 0) is 24.8 Å². The van der Waals surface area contributed by atoms with Crippen LogP contribution in [0, 0.1) is 16.0 Å². The van der Waals surface area contributed by atoms with E-state index < -0.39 is 4.92 Å². The minimum absolute atomic E-state index is 0.0369. The van der Waals surface area contributed by atoms with Crippen LogP contribution >= 0.6 is 0 Å². The normalized spacial score (nSPS) is 16.1. The summed E-state index contributed by atoms with van der Waals surface area (Å²) >= 11 is 0. The molecule has 0 saturated heterocycles. The van der Waals surface area contributed by atoms with Crippen molar-refractivity contribution in [1.29, 1.82) is 0 Å². The zero-order valence-electron chi connectivity index (χ0n) is 11.2. The quantitative estimate of drug-likeness (QED) is 0.631. The van der Waals surface area contributed by atoms with Crippen LogP contribution in [0.15, 0.2) is 12.1 Å². The summed E-state index contributed by atoms with van der Waals surface area (Å²) in [5.41, 5.74) is 0.0369. The molecule has 0 unspecified atom stereocenters. The third-order valence-corrected chi connectivity index (χ3v) is 3.61. The standard InChI is InChI=1S/C13H20N4O2/c1-14-12-8-7-11(17(18)19)13(16-12)15-9-10-5-3-2-4-6-10/h7-8,10H,2-6,9H2,1H3,(H2,14,15,16). The lowest BCUT2D eigenvalue weighted by Gasteiger charge is -2.21. The summed E-state index contributed by atoms with van der Waals surface area (Å²) in [4.78, 5) is 14.8. The maximum Gasteiger partial charge on any atom is 0.311 e. The molecule has 2 N–H and O–H groups in total. The first-order valence-corrected chi connectivity index (χ1v) is 6.77. The van der Waals surface area contributed by atoms with Crippen molar-refractivity contribution in [3.8, 4) is 0 Å². The van der Waals surface area contributed by atoms with Crippen LogP contribution in [0.1, 0.15) is 32.1 Å². The van der Waals surface area contributed by atoms with Crippen LogP contribution in [-0.4, -0.2) is 23.5 Å². The van der Waals surface area contributed by atoms with E-state index in [0.717, 1.165) is 6.54 Å². The summed E-state index contributed by atoms with van der Waals surface area (Å²) in [5, 5.41) is 17.0. The third-order valence-electron chi connectivity index (χ3n) is 3.61. The van der Waals surface area contributed by atoms with Crippen LogP contribution < -0.4 is 10.6 Å². The van der Waals surface area contributed by atoms with Crippen molar-refractivity contribution in [1.82, 2.24) is 4.98 Å². The maximum absolute atomic E-state index is 11.0. The molecule has 1 fully saturated rings. The SMILES string of the molecule is CNc1ccc([N+](=O)[O-])c(NCC2CCCCC2)n1. The molecule has 1 aliphatic rings. The first kappa shape index (κ1) is 13.6. The van der Waals surface area contributed by atoms with Crippen LogP contribution in [-0.2, 0) is 0 Å². The Hall–Kier alpha value is -1.85. The van der Waals surface area contributed by atoms with E-state index in [4.69, 9.17) is 0 Å². The number of rotatable bonds is 5. The first-order valence-electron chi connectivity index (χ1n) is 6.77. The van der Waals surface area contributed by atoms with Gasteiger partial charge in [-0.2, -0.15) is 0 Å². The van der Waals surface area contributed by atoms with Gasteiger partial charge < -0.3 is 10.6 Å². The molecule has 1 aromatic heterocycles. The van der Waals surface area contributed by atoms with Crippen molar-refractivity contribution >= 4 is 17.3 Å². The van der Waals surface area contributed by atoms with E-state index in [1.807, 2.05) is 0 Å². The van der Waals surface area contributed by atoms with E-state index in [1.54, 1.807) is 13.1 Å². The van der Waals surface area contributed by atoms with Crippen LogP contribution in [0.2, 0.25) is 0 Å². The zero-order chi connectivity index (χ0) is 13.7. The third kappa shape index (κ3) is 3.56. The molecule has 6 nitrogen and oxygen atoms in total. The average molecular weight is 264 g/mol. The highest BCUT2D eigenvalue weighted by molar-refractivity contribution is 5.60. The van der Waals surface area contributed by atoms with Crippen LogP contribution in [0.5, 0.6) is 0 Å². The number of nitro groups is 1. The molecule has 0 bridgehead atoms. The fourth-order valence-corrected chi connectivity index (χ4v) is 2.50. The van der Waals surface area contributed by atoms with Gasteiger partial charge in [-0.3, -0.25) is 10.1 Å². The molecule has 0 amide bonds. The Bertz CT molecular complexity index is 444. The second-order valence-electron chi connectivity index (χ2n) is 4.96. The van der Waals surface area contributed by atoms with E-state index in [9.17, 15) is 10.1 Å². The summed E-state index contributed by atoms with van der Waals surface area (Å²) in [6.45, 7) is 0.765. The van der Waals surface area contributed by atoms with Gasteiger partial charge >= 0.3 is 5.69 Å². The van der Waals surface area contributed by atoms with Crippen LogP contribution in [0.4, 0.5) is 17.3 Å². The Morgan fingerprint density at radius 3 is 2.74 bits per heavy atom. The lowest BCUT2D eigenvalue weighted by atomic mass is 9.89. The number of hydrogen-bond donors (Lipinski definition) is 2. The topological polar surface area (TPSA) is 80.1 Å². The molecule has 1 aromatic rings. The molecular formula is C13H20N4O2. The smallest absolute Gasteiger partial charge is 0.311 e. The molecule has 0 aromatic carbocycles. The molecule has 0 aliphatic heterocycles. The number of nitrogens with zero attached hydrogens (tertiary/aromatic N) is 2. The minimum Gasteiger partial charge on any atom is -0.373 e. The Labute approximate surface area is 112 Å². The lowest BCUT2D eigenvalue weighted by molar-refractivity contribution is -0.384. The average Bonchev–Trinajstić information content (AvgIpc) is 2.45. The van der Waals surface area contributed by atoms with Crippen molar-refractivity contribution in [3.63, 3.8) is 0 Å². The second kappa shape index (κ2) is 6.36. The van der Waals surface area contributed by atoms with Crippen molar-refractivity contribution in [2.75, 3.05) is 24.2 Å². The minimum atomic E-state index is -0.393. The highest BCUT2D eigenvalue weighted by Gasteiger charge is 2.18. The summed E-state index contributed by atoms with van der Waals surface area (Å²) in [6.07, 6.45) is 6.24. The van der Waals surface area contributed by atoms with Gasteiger partial charge in [0.25, 0.3) is 0 Å². The van der Waals surface area contributed by atoms with Gasteiger partial charge in [0.2, 0.25) is 5.82 Å². The van der Waals surface area contributed by atoms with Crippen molar-refractivity contribution in [2.24, 2.45) is 5.92 Å². The van der Waals surface area contributed by atoms with Crippen molar-refractivity contribution in [3.05, 3.63) is 22.2 Å². The number of anilines is 2. The molecule has 104 valence electrons. The predicted octanol–water partition coefficient (Wildman–Crippen LogP) is 3.02. The predicted molar refractivity (Wildman–Crippen MR) is 75.5 cm³/mol. The Balaban J connectivity index is 2.06. The lowest BCUT2D eigenvalue weighted by Crippen LogP contribution is -2.18. The van der Waals surface area contributed by atoms with Gasteiger partial charge in [0.05, 0.1) is 4.92 Å². The fraction of sp³-hybridized carbons (Fsp3) is 0.615. The molecule has 19 heavy (non-hydrogen) atoms. The number of pyridine rings is 1. The van der Waals surface area contributed by atoms with Crippen molar-refractivity contribution < 1.29 is 4.92 Å². The Morgan fingerprint density at radius 1 is 1.37 bits per heavy atom.